The van der Waals surface area contributed by atoms with Gasteiger partial charge in [0.15, 0.2) is 0 Å². The van der Waals surface area contributed by atoms with E-state index in [1.807, 2.05) is 18.2 Å². The number of nitrogens with zero attached hydrogens (tertiary/aromatic N) is 1. The number of benzene rings is 1. The Labute approximate surface area is 108 Å². The highest BCUT2D eigenvalue weighted by molar-refractivity contribution is 7.61. The largest absolute Gasteiger partial charge is 0.446 e. The molecule has 0 aromatic heterocycles. The van der Waals surface area contributed by atoms with Crippen molar-refractivity contribution in [2.45, 2.75) is 26.9 Å². The molecule has 0 bridgehead atoms. The fourth-order valence-electron chi connectivity index (χ4n) is 0.849. The van der Waals surface area contributed by atoms with Crippen molar-refractivity contribution < 1.29 is 17.9 Å². The van der Waals surface area contributed by atoms with E-state index in [1.165, 1.54) is 5.56 Å². The van der Waals surface area contributed by atoms with Gasteiger partial charge in [0.1, 0.15) is 0 Å². The molecule has 1 rings (SSSR count). The third-order valence-electron chi connectivity index (χ3n) is 1.49. The molecule has 18 heavy (non-hydrogen) atoms. The first kappa shape index (κ1) is 16.1. The van der Waals surface area contributed by atoms with E-state index in [4.69, 9.17) is 0 Å². The van der Waals surface area contributed by atoms with Gasteiger partial charge in [-0.05, 0) is 25.2 Å². The Morgan fingerprint density at radius 1 is 1.28 bits per heavy atom. The van der Waals surface area contributed by atoms with Gasteiger partial charge in [-0.15, -0.1) is 0 Å². The van der Waals surface area contributed by atoms with Gasteiger partial charge in [-0.3, -0.25) is 0 Å². The average Bonchev–Trinajstić information content (AvgIpc) is 2.27. The van der Waals surface area contributed by atoms with E-state index in [2.05, 4.69) is 28.3 Å². The summed E-state index contributed by atoms with van der Waals surface area (Å²) in [5.74, 6) is 0. The molecule has 0 aliphatic heterocycles. The minimum Gasteiger partial charge on any atom is -0.446 e. The van der Waals surface area contributed by atoms with Crippen molar-refractivity contribution in [3.8, 4) is 0 Å². The second-order valence-corrected chi connectivity index (χ2v) is 4.15. The zero-order valence-electron chi connectivity index (χ0n) is 10.5. The summed E-state index contributed by atoms with van der Waals surface area (Å²) in [6.07, 6.45) is -1.19. The van der Waals surface area contributed by atoms with E-state index in [-0.39, 0.29) is 6.10 Å². The topological polar surface area (TPSA) is 84.8 Å². The molecular formula is C11H16N2O4S. The van der Waals surface area contributed by atoms with Gasteiger partial charge >= 0.3 is 16.6 Å². The lowest BCUT2D eigenvalue weighted by Crippen LogP contribution is -2.21. The van der Waals surface area contributed by atoms with E-state index in [9.17, 15) is 13.2 Å². The molecule has 1 amide bonds. The summed E-state index contributed by atoms with van der Waals surface area (Å²) in [6, 6.07) is 10.3. The molecule has 0 radical (unpaired) electrons. The molecule has 0 spiro atoms. The highest BCUT2D eigenvalue weighted by Crippen LogP contribution is 1.92. The zero-order chi connectivity index (χ0) is 14.0. The van der Waals surface area contributed by atoms with Crippen LogP contribution in [0.5, 0.6) is 0 Å². The van der Waals surface area contributed by atoms with Crippen LogP contribution in [0.25, 0.3) is 0 Å². The second-order valence-electron chi connectivity index (χ2n) is 3.53. The molecule has 0 saturated carbocycles. The molecule has 0 saturated heterocycles. The zero-order valence-corrected chi connectivity index (χ0v) is 11.3. The lowest BCUT2D eigenvalue weighted by atomic mass is 10.2. The van der Waals surface area contributed by atoms with Crippen molar-refractivity contribution >= 4 is 16.6 Å². The molecular weight excluding hydrogens is 256 g/mol. The summed E-state index contributed by atoms with van der Waals surface area (Å²) < 4.78 is 26.7. The van der Waals surface area contributed by atoms with Gasteiger partial charge in [0.2, 0.25) is 0 Å². The third-order valence-corrected chi connectivity index (χ3v) is 1.74. The average molecular weight is 272 g/mol. The Morgan fingerprint density at radius 2 is 1.83 bits per heavy atom. The highest BCUT2D eigenvalue weighted by atomic mass is 32.2. The summed E-state index contributed by atoms with van der Waals surface area (Å²) in [7, 11) is -2.64. The number of rotatable bonds is 2. The van der Waals surface area contributed by atoms with Crippen LogP contribution in [0.15, 0.2) is 34.8 Å². The maximum Gasteiger partial charge on any atom is 0.428 e. The molecule has 6 nitrogen and oxygen atoms in total. The van der Waals surface area contributed by atoms with Crippen molar-refractivity contribution in [3.05, 3.63) is 35.9 Å². The van der Waals surface area contributed by atoms with Gasteiger partial charge in [-0.1, -0.05) is 35.9 Å². The Kier molecular flexibility index (Phi) is 8.21. The van der Waals surface area contributed by atoms with Gasteiger partial charge in [-0.2, -0.15) is 13.8 Å². The normalized spacial score (nSPS) is 8.89. The predicted molar refractivity (Wildman–Crippen MR) is 67.3 cm³/mol. The van der Waals surface area contributed by atoms with Crippen LogP contribution in [0.2, 0.25) is 0 Å². The maximum absolute atomic E-state index is 10.5. The van der Waals surface area contributed by atoms with Gasteiger partial charge < -0.3 is 4.74 Å². The van der Waals surface area contributed by atoms with Crippen LogP contribution in [0.3, 0.4) is 0 Å². The number of hydrogen-bond acceptors (Lipinski definition) is 5. The minimum atomic E-state index is -2.64. The smallest absolute Gasteiger partial charge is 0.428 e. The van der Waals surface area contributed by atoms with Crippen LogP contribution < -0.4 is 5.43 Å². The number of hydrogen-bond donors (Lipinski definition) is 1. The van der Waals surface area contributed by atoms with E-state index in [0.717, 1.165) is 0 Å². The first-order valence-electron chi connectivity index (χ1n) is 5.20. The number of ether oxygens (including phenoxy) is 1. The molecule has 0 aliphatic carbocycles. The van der Waals surface area contributed by atoms with E-state index in [1.54, 1.807) is 19.3 Å². The van der Waals surface area contributed by atoms with Crippen LogP contribution in [0.4, 0.5) is 4.79 Å². The minimum absolute atomic E-state index is 0.301. The number of carbonyl (C=O) groups excluding carboxylic acids is 1. The number of aryl methyl sites for hydroxylation is 1. The third kappa shape index (κ3) is 10.6. The van der Waals surface area contributed by atoms with Crippen molar-refractivity contribution in [1.82, 2.24) is 5.43 Å². The SMILES string of the molecule is CC(C)OC(=O)NN=S(=O)=O.Cc1ccccc1. The number of nitrogens with one attached hydrogen (secondary N) is 1. The summed E-state index contributed by atoms with van der Waals surface area (Å²) in [6.45, 7) is 5.35. The first-order valence-corrected chi connectivity index (χ1v) is 6.23. The van der Waals surface area contributed by atoms with Crippen LogP contribution in [0, 0.1) is 6.92 Å². The van der Waals surface area contributed by atoms with E-state index in [0.29, 0.717) is 0 Å². The van der Waals surface area contributed by atoms with Crippen molar-refractivity contribution in [2.24, 2.45) is 4.47 Å². The lowest BCUT2D eigenvalue weighted by molar-refractivity contribution is 0.116. The Balaban J connectivity index is 0.000000351. The number of amides is 1. The molecule has 0 aliphatic rings. The van der Waals surface area contributed by atoms with Gasteiger partial charge in [-0.25, -0.2) is 4.79 Å². The summed E-state index contributed by atoms with van der Waals surface area (Å²) in [5.41, 5.74) is 2.99. The molecule has 100 valence electrons. The Hall–Kier alpha value is -1.89. The maximum atomic E-state index is 10.5. The Morgan fingerprint density at radius 3 is 2.17 bits per heavy atom. The van der Waals surface area contributed by atoms with Gasteiger partial charge in [0, 0.05) is 0 Å². The van der Waals surface area contributed by atoms with Crippen LogP contribution in [-0.2, 0) is 15.2 Å². The highest BCUT2D eigenvalue weighted by Gasteiger charge is 2.01. The fraction of sp³-hybridized carbons (Fsp3) is 0.364. The molecule has 1 aromatic rings. The summed E-state index contributed by atoms with van der Waals surface area (Å²) in [5, 5.41) is 0. The molecule has 1 N–H and O–H groups in total. The fourth-order valence-corrected chi connectivity index (χ4v) is 0.998. The Bertz CT molecular complexity index is 475. The predicted octanol–water partition coefficient (Wildman–Crippen LogP) is 2.09. The van der Waals surface area contributed by atoms with E-state index < -0.39 is 16.6 Å². The second kappa shape index (κ2) is 9.17. The van der Waals surface area contributed by atoms with Crippen LogP contribution >= 0.6 is 0 Å². The van der Waals surface area contributed by atoms with Gasteiger partial charge in [0.05, 0.1) is 6.10 Å². The van der Waals surface area contributed by atoms with E-state index >= 15 is 0 Å². The molecule has 1 aromatic carbocycles. The standard InChI is InChI=1S/C7H8.C4H8N2O4S/c1-7-5-3-2-4-6-7;1-3(2)10-4(7)5-6-11(8)9/h2-6H,1H3;3H,1-2H3,(H,5,7). The molecule has 0 fully saturated rings. The first-order chi connectivity index (χ1) is 8.41. The van der Waals surface area contributed by atoms with Crippen molar-refractivity contribution in [3.63, 3.8) is 0 Å². The summed E-state index contributed by atoms with van der Waals surface area (Å²) >= 11 is 0. The van der Waals surface area contributed by atoms with Crippen molar-refractivity contribution in [2.75, 3.05) is 0 Å². The molecule has 7 heteroatoms. The van der Waals surface area contributed by atoms with Gasteiger partial charge in [0.25, 0.3) is 0 Å². The van der Waals surface area contributed by atoms with Crippen LogP contribution in [0.1, 0.15) is 19.4 Å². The summed E-state index contributed by atoms with van der Waals surface area (Å²) in [4.78, 5) is 10.5. The van der Waals surface area contributed by atoms with Crippen LogP contribution in [-0.4, -0.2) is 20.6 Å². The van der Waals surface area contributed by atoms with Crippen molar-refractivity contribution in [1.29, 1.82) is 0 Å². The lowest BCUT2D eigenvalue weighted by Gasteiger charge is -2.04. The molecule has 0 atom stereocenters. The number of carbonyl (C=O) groups is 1. The quantitative estimate of drug-likeness (QED) is 0.835. The molecule has 0 heterocycles. The molecule has 0 unspecified atom stereocenters. The monoisotopic (exact) mass is 272 g/mol.